The van der Waals surface area contributed by atoms with Crippen LogP contribution in [-0.4, -0.2) is 47.7 Å². The molecule has 7 heteroatoms. The summed E-state index contributed by atoms with van der Waals surface area (Å²) in [7, 11) is 1.35. The fourth-order valence-corrected chi connectivity index (χ4v) is 3.73. The molecule has 7 nitrogen and oxygen atoms in total. The third-order valence-corrected chi connectivity index (χ3v) is 5.33. The number of hydrogen-bond acceptors (Lipinski definition) is 4. The number of carboxylic acids is 1. The van der Waals surface area contributed by atoms with E-state index < -0.39 is 5.97 Å². The molecule has 1 aliphatic heterocycles. The Balaban J connectivity index is 1.59. The second kappa shape index (κ2) is 7.76. The van der Waals surface area contributed by atoms with E-state index in [1.165, 1.54) is 7.11 Å². The molecule has 1 heterocycles. The molecule has 1 aromatic carbocycles. The van der Waals surface area contributed by atoms with Crippen molar-refractivity contribution in [1.82, 2.24) is 10.2 Å². The zero-order valence-corrected chi connectivity index (χ0v) is 14.9. The number of rotatable bonds is 3. The van der Waals surface area contributed by atoms with Gasteiger partial charge in [-0.3, -0.25) is 4.79 Å². The summed E-state index contributed by atoms with van der Waals surface area (Å²) in [5, 5.41) is 12.1. The van der Waals surface area contributed by atoms with Gasteiger partial charge in [0.05, 0.1) is 18.6 Å². The molecule has 0 unspecified atom stereocenters. The lowest BCUT2D eigenvalue weighted by Crippen LogP contribution is -2.47. The number of methoxy groups -OCH3 is 1. The van der Waals surface area contributed by atoms with Crippen LogP contribution in [0.5, 0.6) is 0 Å². The number of ether oxygens (including phenoxy) is 1. The van der Waals surface area contributed by atoms with Crippen molar-refractivity contribution >= 4 is 18.0 Å². The SMILES string of the molecule is COC(=O)c1ccc2c(c1)CN(C(=O)NC1CCC(C(=O)O)CC1)CC2. The predicted molar refractivity (Wildman–Crippen MR) is 93.8 cm³/mol. The Labute approximate surface area is 152 Å². The number of carboxylic acid groups (broad SMARTS) is 1. The van der Waals surface area contributed by atoms with E-state index >= 15 is 0 Å². The van der Waals surface area contributed by atoms with Crippen LogP contribution >= 0.6 is 0 Å². The quantitative estimate of drug-likeness (QED) is 0.806. The standard InChI is InChI=1S/C19H24N2O5/c1-26-18(24)14-3-2-12-8-9-21(11-15(12)10-14)19(25)20-16-6-4-13(5-7-16)17(22)23/h2-3,10,13,16H,4-9,11H2,1H3,(H,20,25)(H,22,23). The minimum absolute atomic E-state index is 0.0286. The highest BCUT2D eigenvalue weighted by Gasteiger charge is 2.28. The summed E-state index contributed by atoms with van der Waals surface area (Å²) in [6.07, 6.45) is 3.34. The number of amides is 2. The van der Waals surface area contributed by atoms with Gasteiger partial charge in [0.2, 0.25) is 0 Å². The van der Waals surface area contributed by atoms with Crippen LogP contribution in [0.25, 0.3) is 0 Å². The first-order valence-corrected chi connectivity index (χ1v) is 8.96. The number of fused-ring (bicyclic) bond motifs is 1. The number of benzene rings is 1. The Hall–Kier alpha value is -2.57. The maximum Gasteiger partial charge on any atom is 0.337 e. The molecule has 1 aliphatic carbocycles. The molecule has 0 bridgehead atoms. The third-order valence-electron chi connectivity index (χ3n) is 5.33. The Kier molecular flexibility index (Phi) is 5.44. The molecule has 140 valence electrons. The van der Waals surface area contributed by atoms with Crippen molar-refractivity contribution in [2.75, 3.05) is 13.7 Å². The molecule has 26 heavy (non-hydrogen) atoms. The predicted octanol–water partition coefficient (Wildman–Crippen LogP) is 2.18. The van der Waals surface area contributed by atoms with Gasteiger partial charge in [0, 0.05) is 19.1 Å². The number of aliphatic carboxylic acids is 1. The van der Waals surface area contributed by atoms with Gasteiger partial charge < -0.3 is 20.1 Å². The summed E-state index contributed by atoms with van der Waals surface area (Å²) in [5.41, 5.74) is 2.59. The molecule has 0 radical (unpaired) electrons. The van der Waals surface area contributed by atoms with Crippen LogP contribution in [0, 0.1) is 5.92 Å². The van der Waals surface area contributed by atoms with E-state index in [1.54, 1.807) is 17.0 Å². The van der Waals surface area contributed by atoms with Crippen molar-refractivity contribution in [2.45, 2.75) is 44.7 Å². The van der Waals surface area contributed by atoms with Gasteiger partial charge >= 0.3 is 18.0 Å². The molecule has 2 N–H and O–H groups in total. The Morgan fingerprint density at radius 2 is 1.88 bits per heavy atom. The minimum atomic E-state index is -0.746. The van der Waals surface area contributed by atoms with E-state index in [2.05, 4.69) is 5.32 Å². The van der Waals surface area contributed by atoms with E-state index in [0.29, 0.717) is 44.3 Å². The summed E-state index contributed by atoms with van der Waals surface area (Å²) in [6.45, 7) is 1.08. The first-order chi connectivity index (χ1) is 12.5. The number of esters is 1. The highest BCUT2D eigenvalue weighted by molar-refractivity contribution is 5.89. The summed E-state index contributed by atoms with van der Waals surface area (Å²) < 4.78 is 4.75. The number of nitrogens with zero attached hydrogens (tertiary/aromatic N) is 1. The first kappa shape index (κ1) is 18.2. The molecule has 0 spiro atoms. The zero-order chi connectivity index (χ0) is 18.7. The van der Waals surface area contributed by atoms with Crippen LogP contribution in [0.3, 0.4) is 0 Å². The van der Waals surface area contributed by atoms with E-state index in [0.717, 1.165) is 17.5 Å². The zero-order valence-electron chi connectivity index (χ0n) is 14.9. The number of nitrogens with one attached hydrogen (secondary N) is 1. The molecule has 2 aliphatic rings. The van der Waals surface area contributed by atoms with E-state index in [-0.39, 0.29) is 24.0 Å². The largest absolute Gasteiger partial charge is 0.481 e. The smallest absolute Gasteiger partial charge is 0.337 e. The molecule has 0 saturated heterocycles. The molecule has 1 fully saturated rings. The van der Waals surface area contributed by atoms with Crippen LogP contribution in [-0.2, 0) is 22.5 Å². The Morgan fingerprint density at radius 3 is 2.54 bits per heavy atom. The van der Waals surface area contributed by atoms with Gasteiger partial charge in [-0.05, 0) is 55.4 Å². The van der Waals surface area contributed by atoms with Crippen LogP contribution in [0.4, 0.5) is 4.79 Å². The maximum atomic E-state index is 12.6. The molecular weight excluding hydrogens is 336 g/mol. The van der Waals surface area contributed by atoms with Gasteiger partial charge in [0.25, 0.3) is 0 Å². The van der Waals surface area contributed by atoms with Gasteiger partial charge in [0.1, 0.15) is 0 Å². The second-order valence-electron chi connectivity index (χ2n) is 6.98. The maximum absolute atomic E-state index is 12.6. The molecule has 0 aromatic heterocycles. The lowest BCUT2D eigenvalue weighted by atomic mass is 9.86. The molecule has 1 aromatic rings. The second-order valence-corrected chi connectivity index (χ2v) is 6.98. The fourth-order valence-electron chi connectivity index (χ4n) is 3.73. The molecular formula is C19H24N2O5. The highest BCUT2D eigenvalue weighted by Crippen LogP contribution is 2.25. The van der Waals surface area contributed by atoms with Crippen molar-refractivity contribution in [3.63, 3.8) is 0 Å². The van der Waals surface area contributed by atoms with Crippen LogP contribution < -0.4 is 5.32 Å². The normalized spacial score (nSPS) is 22.3. The van der Waals surface area contributed by atoms with Crippen molar-refractivity contribution in [3.8, 4) is 0 Å². The van der Waals surface area contributed by atoms with Gasteiger partial charge in [-0.15, -0.1) is 0 Å². The molecule has 0 atom stereocenters. The number of hydrogen-bond donors (Lipinski definition) is 2. The van der Waals surface area contributed by atoms with Crippen molar-refractivity contribution in [1.29, 1.82) is 0 Å². The third kappa shape index (κ3) is 3.98. The molecule has 3 rings (SSSR count). The van der Waals surface area contributed by atoms with Crippen LogP contribution in [0.1, 0.15) is 47.2 Å². The van der Waals surface area contributed by atoms with Crippen molar-refractivity contribution in [3.05, 3.63) is 34.9 Å². The van der Waals surface area contributed by atoms with Crippen LogP contribution in [0.2, 0.25) is 0 Å². The van der Waals surface area contributed by atoms with Gasteiger partial charge in [0.15, 0.2) is 0 Å². The summed E-state index contributed by atoms with van der Waals surface area (Å²) in [4.78, 5) is 37.0. The summed E-state index contributed by atoms with van der Waals surface area (Å²) in [5.74, 6) is -1.42. The van der Waals surface area contributed by atoms with E-state index in [9.17, 15) is 14.4 Å². The van der Waals surface area contributed by atoms with E-state index in [1.807, 2.05) is 6.07 Å². The van der Waals surface area contributed by atoms with Gasteiger partial charge in [-0.1, -0.05) is 6.07 Å². The number of urea groups is 1. The minimum Gasteiger partial charge on any atom is -0.481 e. The summed E-state index contributed by atoms with van der Waals surface area (Å²) in [6, 6.07) is 5.36. The highest BCUT2D eigenvalue weighted by atomic mass is 16.5. The first-order valence-electron chi connectivity index (χ1n) is 8.96. The average Bonchev–Trinajstić information content (AvgIpc) is 2.66. The fraction of sp³-hybridized carbons (Fsp3) is 0.526. The molecule has 2 amide bonds. The number of carbonyl (C=O) groups excluding carboxylic acids is 2. The lowest BCUT2D eigenvalue weighted by Gasteiger charge is -2.33. The van der Waals surface area contributed by atoms with Gasteiger partial charge in [-0.25, -0.2) is 9.59 Å². The summed E-state index contributed by atoms with van der Waals surface area (Å²) >= 11 is 0. The van der Waals surface area contributed by atoms with Crippen LogP contribution in [0.15, 0.2) is 18.2 Å². The van der Waals surface area contributed by atoms with Crippen molar-refractivity contribution in [2.24, 2.45) is 5.92 Å². The lowest BCUT2D eigenvalue weighted by molar-refractivity contribution is -0.142. The Bertz CT molecular complexity index is 710. The van der Waals surface area contributed by atoms with Gasteiger partial charge in [-0.2, -0.15) is 0 Å². The van der Waals surface area contributed by atoms with Crippen molar-refractivity contribution < 1.29 is 24.2 Å². The average molecular weight is 360 g/mol. The monoisotopic (exact) mass is 360 g/mol. The molecule has 1 saturated carbocycles. The van der Waals surface area contributed by atoms with E-state index in [4.69, 9.17) is 9.84 Å². The Morgan fingerprint density at radius 1 is 1.15 bits per heavy atom. The number of carbonyl (C=O) groups is 3. The topological polar surface area (TPSA) is 95.9 Å².